The van der Waals surface area contributed by atoms with Crippen LogP contribution in [0.2, 0.25) is 0 Å². The van der Waals surface area contributed by atoms with Gasteiger partial charge in [0.15, 0.2) is 6.10 Å². The molecular weight excluding hydrogens is 252 g/mol. The number of unbranched alkanes of at least 4 members (excludes halogenated alkanes) is 1. The van der Waals surface area contributed by atoms with E-state index in [0.29, 0.717) is 19.7 Å². The van der Waals surface area contributed by atoms with Crippen molar-refractivity contribution in [2.24, 2.45) is 11.8 Å². The number of rotatable bonds is 4. The minimum absolute atomic E-state index is 0.185. The van der Waals surface area contributed by atoms with E-state index < -0.39 is 6.10 Å². The van der Waals surface area contributed by atoms with Crippen molar-refractivity contribution in [3.8, 4) is 6.07 Å². The van der Waals surface area contributed by atoms with Crippen molar-refractivity contribution in [3.05, 3.63) is 0 Å². The minimum atomic E-state index is -0.436. The van der Waals surface area contributed by atoms with Crippen LogP contribution >= 0.6 is 0 Å². The Kier molecular flexibility index (Phi) is 5.85. The summed E-state index contributed by atoms with van der Waals surface area (Å²) >= 11 is 0. The molecule has 0 bridgehead atoms. The average molecular weight is 278 g/mol. The molecule has 4 nitrogen and oxygen atoms in total. The molecule has 1 atom stereocenters. The van der Waals surface area contributed by atoms with E-state index in [0.717, 1.165) is 18.8 Å². The number of morpholine rings is 1. The fraction of sp³-hybridized carbons (Fsp3) is 0.875. The molecule has 0 spiro atoms. The van der Waals surface area contributed by atoms with Crippen molar-refractivity contribution in [2.75, 3.05) is 19.7 Å². The molecule has 1 heterocycles. The second kappa shape index (κ2) is 7.64. The van der Waals surface area contributed by atoms with Crippen LogP contribution in [0.15, 0.2) is 0 Å². The van der Waals surface area contributed by atoms with Crippen molar-refractivity contribution in [2.45, 2.75) is 58.0 Å². The molecule has 1 saturated heterocycles. The zero-order chi connectivity index (χ0) is 14.4. The first-order valence-electron chi connectivity index (χ1n) is 8.04. The minimum Gasteiger partial charge on any atom is -0.360 e. The summed E-state index contributed by atoms with van der Waals surface area (Å²) in [6, 6.07) is 2.11. The van der Waals surface area contributed by atoms with E-state index in [1.807, 2.05) is 4.90 Å². The topological polar surface area (TPSA) is 53.3 Å². The van der Waals surface area contributed by atoms with Crippen LogP contribution in [0.3, 0.4) is 0 Å². The lowest BCUT2D eigenvalue weighted by Gasteiger charge is -2.35. The van der Waals surface area contributed by atoms with Gasteiger partial charge in [-0.25, -0.2) is 0 Å². The summed E-state index contributed by atoms with van der Waals surface area (Å²) in [5.41, 5.74) is 0. The van der Waals surface area contributed by atoms with Crippen LogP contribution in [0.1, 0.15) is 51.9 Å². The van der Waals surface area contributed by atoms with E-state index in [1.165, 1.54) is 32.1 Å². The standard InChI is InChI=1S/C16H26N2O2/c1-2-3-4-13-5-7-14(8-6-13)16(19)18-9-10-20-15(11-17)12-18/h13-15H,2-10,12H2,1H3. The second-order valence-corrected chi connectivity index (χ2v) is 6.13. The van der Waals surface area contributed by atoms with Gasteiger partial charge in [-0.05, 0) is 31.6 Å². The lowest BCUT2D eigenvalue weighted by molar-refractivity contribution is -0.142. The Balaban J connectivity index is 1.78. The van der Waals surface area contributed by atoms with E-state index in [-0.39, 0.29) is 11.8 Å². The Hall–Kier alpha value is -1.08. The first kappa shape index (κ1) is 15.3. The number of nitrogens with zero attached hydrogens (tertiary/aromatic N) is 2. The molecule has 20 heavy (non-hydrogen) atoms. The van der Waals surface area contributed by atoms with Crippen LogP contribution in [0.5, 0.6) is 0 Å². The van der Waals surface area contributed by atoms with Crippen LogP contribution in [0.4, 0.5) is 0 Å². The lowest BCUT2D eigenvalue weighted by atomic mass is 9.79. The number of nitriles is 1. The van der Waals surface area contributed by atoms with Gasteiger partial charge in [0.2, 0.25) is 5.91 Å². The van der Waals surface area contributed by atoms with Gasteiger partial charge < -0.3 is 9.64 Å². The van der Waals surface area contributed by atoms with Crippen LogP contribution in [0.25, 0.3) is 0 Å². The molecular formula is C16H26N2O2. The molecule has 2 rings (SSSR count). The molecule has 0 radical (unpaired) electrons. The van der Waals surface area contributed by atoms with Gasteiger partial charge in [0.25, 0.3) is 0 Å². The highest BCUT2D eigenvalue weighted by Crippen LogP contribution is 2.33. The van der Waals surface area contributed by atoms with Crippen molar-refractivity contribution in [1.29, 1.82) is 5.26 Å². The normalized spacial score (nSPS) is 30.8. The fourth-order valence-electron chi connectivity index (χ4n) is 3.38. The zero-order valence-corrected chi connectivity index (χ0v) is 12.5. The van der Waals surface area contributed by atoms with E-state index >= 15 is 0 Å². The molecule has 1 aliphatic carbocycles. The highest BCUT2D eigenvalue weighted by atomic mass is 16.5. The third-order valence-corrected chi connectivity index (χ3v) is 4.68. The monoisotopic (exact) mass is 278 g/mol. The quantitative estimate of drug-likeness (QED) is 0.794. The summed E-state index contributed by atoms with van der Waals surface area (Å²) < 4.78 is 5.30. The molecule has 2 aliphatic rings. The fourth-order valence-corrected chi connectivity index (χ4v) is 3.38. The lowest BCUT2D eigenvalue weighted by Crippen LogP contribution is -2.47. The Labute approximate surface area is 122 Å². The van der Waals surface area contributed by atoms with Gasteiger partial charge in [-0.2, -0.15) is 5.26 Å². The molecule has 1 amide bonds. The van der Waals surface area contributed by atoms with Crippen molar-refractivity contribution in [3.63, 3.8) is 0 Å². The highest BCUT2D eigenvalue weighted by Gasteiger charge is 2.31. The number of carbonyl (C=O) groups excluding carboxylic acids is 1. The SMILES string of the molecule is CCCCC1CCC(C(=O)N2CCOC(C#N)C2)CC1. The van der Waals surface area contributed by atoms with Crippen molar-refractivity contribution >= 4 is 5.91 Å². The van der Waals surface area contributed by atoms with Crippen molar-refractivity contribution in [1.82, 2.24) is 4.90 Å². The average Bonchev–Trinajstić information content (AvgIpc) is 2.52. The van der Waals surface area contributed by atoms with Gasteiger partial charge in [0, 0.05) is 12.5 Å². The molecule has 112 valence electrons. The van der Waals surface area contributed by atoms with E-state index in [9.17, 15) is 4.79 Å². The van der Waals surface area contributed by atoms with E-state index in [1.54, 1.807) is 0 Å². The predicted molar refractivity (Wildman–Crippen MR) is 76.9 cm³/mol. The zero-order valence-electron chi connectivity index (χ0n) is 12.5. The molecule has 0 aromatic heterocycles. The molecule has 4 heteroatoms. The maximum atomic E-state index is 12.5. The van der Waals surface area contributed by atoms with Gasteiger partial charge >= 0.3 is 0 Å². The van der Waals surface area contributed by atoms with Crippen LogP contribution in [-0.2, 0) is 9.53 Å². The summed E-state index contributed by atoms with van der Waals surface area (Å²) in [4.78, 5) is 14.3. The van der Waals surface area contributed by atoms with Crippen LogP contribution in [0, 0.1) is 23.2 Å². The molecule has 1 aliphatic heterocycles. The highest BCUT2D eigenvalue weighted by molar-refractivity contribution is 5.79. The molecule has 0 N–H and O–H groups in total. The Morgan fingerprint density at radius 3 is 2.75 bits per heavy atom. The van der Waals surface area contributed by atoms with E-state index in [4.69, 9.17) is 10.00 Å². The molecule has 2 fully saturated rings. The third-order valence-electron chi connectivity index (χ3n) is 4.68. The third kappa shape index (κ3) is 3.96. The van der Waals surface area contributed by atoms with Crippen molar-refractivity contribution < 1.29 is 9.53 Å². The predicted octanol–water partition coefficient (Wildman–Crippen LogP) is 2.73. The second-order valence-electron chi connectivity index (χ2n) is 6.13. The van der Waals surface area contributed by atoms with Gasteiger partial charge in [0.1, 0.15) is 0 Å². The molecule has 0 aromatic carbocycles. The number of ether oxygens (including phenoxy) is 1. The molecule has 1 unspecified atom stereocenters. The summed E-state index contributed by atoms with van der Waals surface area (Å²) in [5.74, 6) is 1.27. The number of hydrogen-bond donors (Lipinski definition) is 0. The number of amides is 1. The summed E-state index contributed by atoms with van der Waals surface area (Å²) in [5, 5.41) is 8.91. The Morgan fingerprint density at radius 1 is 1.35 bits per heavy atom. The Bertz CT molecular complexity index is 356. The summed E-state index contributed by atoms with van der Waals surface area (Å²) in [6.45, 7) is 3.83. The van der Waals surface area contributed by atoms with Gasteiger partial charge in [-0.1, -0.05) is 26.2 Å². The maximum Gasteiger partial charge on any atom is 0.225 e. The molecule has 1 saturated carbocycles. The van der Waals surface area contributed by atoms with Gasteiger partial charge in [-0.3, -0.25) is 4.79 Å². The number of hydrogen-bond acceptors (Lipinski definition) is 3. The first-order chi connectivity index (χ1) is 9.74. The maximum absolute atomic E-state index is 12.5. The Morgan fingerprint density at radius 2 is 2.10 bits per heavy atom. The van der Waals surface area contributed by atoms with Gasteiger partial charge in [0.05, 0.1) is 19.2 Å². The molecule has 0 aromatic rings. The summed E-state index contributed by atoms with van der Waals surface area (Å²) in [7, 11) is 0. The van der Waals surface area contributed by atoms with E-state index in [2.05, 4.69) is 13.0 Å². The summed E-state index contributed by atoms with van der Waals surface area (Å²) in [6.07, 6.45) is 7.92. The smallest absolute Gasteiger partial charge is 0.225 e. The van der Waals surface area contributed by atoms with Gasteiger partial charge in [-0.15, -0.1) is 0 Å². The largest absolute Gasteiger partial charge is 0.360 e. The first-order valence-corrected chi connectivity index (χ1v) is 8.04. The van der Waals surface area contributed by atoms with Crippen LogP contribution < -0.4 is 0 Å². The number of carbonyl (C=O) groups is 1. The van der Waals surface area contributed by atoms with Crippen LogP contribution in [-0.4, -0.2) is 36.6 Å².